The Balaban J connectivity index is 2.01. The lowest BCUT2D eigenvalue weighted by atomic mass is 10.2. The molecule has 4 nitrogen and oxygen atoms in total. The monoisotopic (exact) mass is 262 g/mol. The molecule has 0 bridgehead atoms. The maximum atomic E-state index is 4.75. The van der Waals surface area contributed by atoms with E-state index >= 15 is 0 Å². The molecule has 1 N–H and O–H groups in total. The zero-order chi connectivity index (χ0) is 13.8. The Hall–Kier alpha value is -1.13. The minimum atomic E-state index is 0.648. The topological polar surface area (TPSA) is 31.4 Å². The molecule has 4 heteroatoms. The molecule has 19 heavy (non-hydrogen) atoms. The van der Waals surface area contributed by atoms with Crippen LogP contribution in [0.5, 0.6) is 0 Å². The van der Waals surface area contributed by atoms with Crippen molar-refractivity contribution in [2.45, 2.75) is 33.4 Å². The number of rotatable bonds is 4. The fourth-order valence-electron chi connectivity index (χ4n) is 2.60. The molecular formula is C15H26N4. The third-order valence-corrected chi connectivity index (χ3v) is 3.92. The largest absolute Gasteiger partial charge is 0.354 e. The number of nitrogens with zero attached hydrogens (tertiary/aromatic N) is 3. The quantitative estimate of drug-likeness (QED) is 0.894. The van der Waals surface area contributed by atoms with Gasteiger partial charge in [-0.3, -0.25) is 4.90 Å². The van der Waals surface area contributed by atoms with Crippen LogP contribution in [0.2, 0.25) is 0 Å². The molecule has 1 aliphatic rings. The van der Waals surface area contributed by atoms with Crippen LogP contribution in [0.4, 0.5) is 5.82 Å². The Morgan fingerprint density at radius 3 is 2.42 bits per heavy atom. The zero-order valence-corrected chi connectivity index (χ0v) is 12.6. The van der Waals surface area contributed by atoms with Gasteiger partial charge in [0, 0.05) is 44.5 Å². The van der Waals surface area contributed by atoms with Crippen LogP contribution < -0.4 is 10.2 Å². The summed E-state index contributed by atoms with van der Waals surface area (Å²) in [6.07, 6.45) is 0. The predicted molar refractivity (Wildman–Crippen MR) is 80.7 cm³/mol. The smallest absolute Gasteiger partial charge is 0.128 e. The minimum Gasteiger partial charge on any atom is -0.354 e. The van der Waals surface area contributed by atoms with Crippen molar-refractivity contribution in [3.05, 3.63) is 23.4 Å². The van der Waals surface area contributed by atoms with Crippen LogP contribution in [0.1, 0.15) is 25.1 Å². The van der Waals surface area contributed by atoms with Crippen LogP contribution >= 0.6 is 0 Å². The maximum absolute atomic E-state index is 4.75. The van der Waals surface area contributed by atoms with Gasteiger partial charge in [-0.1, -0.05) is 6.07 Å². The van der Waals surface area contributed by atoms with E-state index < -0.39 is 0 Å². The fraction of sp³-hybridized carbons (Fsp3) is 0.667. The summed E-state index contributed by atoms with van der Waals surface area (Å²) in [7, 11) is 1.97. The van der Waals surface area contributed by atoms with Crippen molar-refractivity contribution < 1.29 is 0 Å². The molecule has 0 aliphatic carbocycles. The van der Waals surface area contributed by atoms with E-state index in [0.29, 0.717) is 6.04 Å². The third-order valence-electron chi connectivity index (χ3n) is 3.92. The minimum absolute atomic E-state index is 0.648. The lowest BCUT2D eigenvalue weighted by molar-refractivity contribution is 0.209. The summed E-state index contributed by atoms with van der Waals surface area (Å²) >= 11 is 0. The first-order chi connectivity index (χ1) is 9.11. The van der Waals surface area contributed by atoms with Gasteiger partial charge >= 0.3 is 0 Å². The van der Waals surface area contributed by atoms with E-state index in [1.54, 1.807) is 0 Å². The normalized spacial score (nSPS) is 17.2. The SMILES string of the molecule is CNCc1ccc(N2CCN(C(C)C)CC2)nc1C. The molecule has 106 valence electrons. The summed E-state index contributed by atoms with van der Waals surface area (Å²) in [4.78, 5) is 9.68. The van der Waals surface area contributed by atoms with E-state index in [9.17, 15) is 0 Å². The summed E-state index contributed by atoms with van der Waals surface area (Å²) in [6.45, 7) is 12.0. The van der Waals surface area contributed by atoms with Crippen molar-refractivity contribution in [3.8, 4) is 0 Å². The average molecular weight is 262 g/mol. The molecule has 1 aromatic heterocycles. The molecule has 0 amide bonds. The van der Waals surface area contributed by atoms with Crippen LogP contribution in [0.15, 0.2) is 12.1 Å². The lowest BCUT2D eigenvalue weighted by Crippen LogP contribution is -2.49. The third kappa shape index (κ3) is 3.45. The van der Waals surface area contributed by atoms with Crippen molar-refractivity contribution >= 4 is 5.82 Å². The first-order valence-electron chi connectivity index (χ1n) is 7.22. The highest BCUT2D eigenvalue weighted by Gasteiger charge is 2.19. The molecule has 1 aromatic rings. The van der Waals surface area contributed by atoms with E-state index in [1.165, 1.54) is 5.56 Å². The highest BCUT2D eigenvalue weighted by Crippen LogP contribution is 2.17. The van der Waals surface area contributed by atoms with Gasteiger partial charge in [0.1, 0.15) is 5.82 Å². The molecule has 2 rings (SSSR count). The van der Waals surface area contributed by atoms with Crippen molar-refractivity contribution in [2.24, 2.45) is 0 Å². The molecule has 0 saturated carbocycles. The molecule has 0 radical (unpaired) electrons. The van der Waals surface area contributed by atoms with Crippen molar-refractivity contribution in [2.75, 3.05) is 38.1 Å². The molecule has 2 heterocycles. The number of pyridine rings is 1. The predicted octanol–water partition coefficient (Wildman–Crippen LogP) is 1.64. The van der Waals surface area contributed by atoms with Crippen molar-refractivity contribution in [1.82, 2.24) is 15.2 Å². The molecule has 1 fully saturated rings. The molecular weight excluding hydrogens is 236 g/mol. The second-order valence-electron chi connectivity index (χ2n) is 5.56. The highest BCUT2D eigenvalue weighted by molar-refractivity contribution is 5.42. The Bertz CT molecular complexity index is 409. The second kappa shape index (κ2) is 6.35. The van der Waals surface area contributed by atoms with E-state index in [4.69, 9.17) is 4.98 Å². The van der Waals surface area contributed by atoms with Crippen molar-refractivity contribution in [1.29, 1.82) is 0 Å². The van der Waals surface area contributed by atoms with Gasteiger partial charge in [-0.25, -0.2) is 4.98 Å². The summed E-state index contributed by atoms with van der Waals surface area (Å²) in [5, 5.41) is 3.18. The van der Waals surface area contributed by atoms with E-state index in [2.05, 4.69) is 48.0 Å². The van der Waals surface area contributed by atoms with Gasteiger partial charge < -0.3 is 10.2 Å². The van der Waals surface area contributed by atoms with Crippen LogP contribution in [-0.2, 0) is 6.54 Å². The summed E-state index contributed by atoms with van der Waals surface area (Å²) in [6, 6.07) is 5.00. The average Bonchev–Trinajstić information content (AvgIpc) is 2.41. The van der Waals surface area contributed by atoms with Gasteiger partial charge in [-0.05, 0) is 39.4 Å². The van der Waals surface area contributed by atoms with Crippen LogP contribution in [0, 0.1) is 6.92 Å². The molecule has 1 aliphatic heterocycles. The van der Waals surface area contributed by atoms with Gasteiger partial charge in [0.2, 0.25) is 0 Å². The number of hydrogen-bond acceptors (Lipinski definition) is 4. The number of piperazine rings is 1. The van der Waals surface area contributed by atoms with E-state index in [1.807, 2.05) is 7.05 Å². The maximum Gasteiger partial charge on any atom is 0.128 e. The van der Waals surface area contributed by atoms with E-state index in [0.717, 1.165) is 44.2 Å². The Kier molecular flexibility index (Phi) is 4.77. The summed E-state index contributed by atoms with van der Waals surface area (Å²) in [5.74, 6) is 1.13. The number of nitrogens with one attached hydrogen (secondary N) is 1. The fourth-order valence-corrected chi connectivity index (χ4v) is 2.60. The highest BCUT2D eigenvalue weighted by atomic mass is 15.3. The second-order valence-corrected chi connectivity index (χ2v) is 5.56. The Morgan fingerprint density at radius 2 is 1.89 bits per heavy atom. The summed E-state index contributed by atoms with van der Waals surface area (Å²) in [5.41, 5.74) is 2.42. The molecule has 0 aromatic carbocycles. The van der Waals surface area contributed by atoms with Gasteiger partial charge in [-0.2, -0.15) is 0 Å². The first kappa shape index (κ1) is 14.3. The van der Waals surface area contributed by atoms with Gasteiger partial charge in [0.05, 0.1) is 0 Å². The standard InChI is InChI=1S/C15H26N4/c1-12(2)18-7-9-19(10-8-18)15-6-5-14(11-16-4)13(3)17-15/h5-6,12,16H,7-11H2,1-4H3. The van der Waals surface area contributed by atoms with E-state index in [-0.39, 0.29) is 0 Å². The number of aromatic nitrogens is 1. The van der Waals surface area contributed by atoms with Crippen molar-refractivity contribution in [3.63, 3.8) is 0 Å². The van der Waals surface area contributed by atoms with Gasteiger partial charge in [-0.15, -0.1) is 0 Å². The Morgan fingerprint density at radius 1 is 1.21 bits per heavy atom. The summed E-state index contributed by atoms with van der Waals surface area (Å²) < 4.78 is 0. The molecule has 1 saturated heterocycles. The first-order valence-corrected chi connectivity index (χ1v) is 7.22. The van der Waals surface area contributed by atoms with Gasteiger partial charge in [0.25, 0.3) is 0 Å². The number of hydrogen-bond donors (Lipinski definition) is 1. The van der Waals surface area contributed by atoms with Crippen LogP contribution in [-0.4, -0.2) is 49.2 Å². The van der Waals surface area contributed by atoms with Gasteiger partial charge in [0.15, 0.2) is 0 Å². The number of aryl methyl sites for hydroxylation is 1. The molecule has 0 atom stereocenters. The lowest BCUT2D eigenvalue weighted by Gasteiger charge is -2.37. The van der Waals surface area contributed by atoms with Crippen LogP contribution in [0.25, 0.3) is 0 Å². The molecule has 0 spiro atoms. The van der Waals surface area contributed by atoms with Crippen LogP contribution in [0.3, 0.4) is 0 Å². The molecule has 0 unspecified atom stereocenters. The zero-order valence-electron chi connectivity index (χ0n) is 12.6. The Labute approximate surface area is 116 Å². The number of anilines is 1.